The predicted octanol–water partition coefficient (Wildman–Crippen LogP) is 4.35. The fraction of sp³-hybridized carbons (Fsp3) is 0.917. The van der Waals surface area contributed by atoms with Gasteiger partial charge in [0.2, 0.25) is 6.29 Å². The Bertz CT molecular complexity index is 1170. The molecule has 5 fully saturated rings. The second kappa shape index (κ2) is 10.7. The molecule has 0 spiro atoms. The van der Waals surface area contributed by atoms with Gasteiger partial charge >= 0.3 is 5.97 Å². The van der Waals surface area contributed by atoms with Crippen molar-refractivity contribution in [3.05, 3.63) is 11.6 Å². The van der Waals surface area contributed by atoms with E-state index in [1.54, 1.807) is 0 Å². The van der Waals surface area contributed by atoms with E-state index in [0.717, 1.165) is 44.9 Å². The average Bonchev–Trinajstić information content (AvgIpc) is 2.97. The molecule has 0 aromatic carbocycles. The Kier molecular flexibility index (Phi) is 8.03. The molecular formula is C36H58O8. The molecule has 15 unspecified atom stereocenters. The Morgan fingerprint density at radius 3 is 2.27 bits per heavy atom. The van der Waals surface area contributed by atoms with Gasteiger partial charge < -0.3 is 35.0 Å². The monoisotopic (exact) mass is 618 g/mol. The zero-order valence-electron chi connectivity index (χ0n) is 28.0. The SMILES string of the molecule is CC1CCC2(C(=O)OC3OC(CO)C(O)C(O)C3O)CCC3(C)C(=CCC4C5(C)CCC(O)C(C)(C)C5CCC43C)C2C1C. The standard InChI is InChI=1S/C36H58O8/c1-19-10-15-36(31(42)44-30-29(41)28(40)27(39)22(18-37)43-30)17-16-34(6)21(26(36)20(19)2)8-9-24-33(5)13-12-25(38)32(3,4)23(33)11-14-35(24,34)7/h8,19-20,22-30,37-41H,9-18H2,1-7H3. The Morgan fingerprint density at radius 1 is 0.886 bits per heavy atom. The van der Waals surface area contributed by atoms with Gasteiger partial charge in [-0.25, -0.2) is 0 Å². The van der Waals surface area contributed by atoms with Crippen molar-refractivity contribution in [1.29, 1.82) is 0 Å². The Labute approximate surface area is 263 Å². The lowest BCUT2D eigenvalue weighted by Crippen LogP contribution is -2.66. The number of aliphatic hydroxyl groups is 5. The first-order chi connectivity index (χ1) is 20.5. The summed E-state index contributed by atoms with van der Waals surface area (Å²) in [5.74, 6) is 1.26. The van der Waals surface area contributed by atoms with Gasteiger partial charge in [0.15, 0.2) is 0 Å². The predicted molar refractivity (Wildman–Crippen MR) is 165 cm³/mol. The molecule has 250 valence electrons. The molecule has 6 rings (SSSR count). The number of hydrogen-bond donors (Lipinski definition) is 5. The molecule has 0 radical (unpaired) electrons. The second-order valence-electron chi connectivity index (χ2n) is 17.3. The molecule has 0 aromatic heterocycles. The van der Waals surface area contributed by atoms with Crippen molar-refractivity contribution < 1.29 is 39.8 Å². The first kappa shape index (κ1) is 32.9. The van der Waals surface area contributed by atoms with Crippen molar-refractivity contribution in [3.63, 3.8) is 0 Å². The number of aliphatic hydroxyl groups excluding tert-OH is 5. The molecule has 44 heavy (non-hydrogen) atoms. The Morgan fingerprint density at radius 2 is 1.59 bits per heavy atom. The van der Waals surface area contributed by atoms with Gasteiger partial charge in [0.25, 0.3) is 0 Å². The number of carbonyl (C=O) groups excluding carboxylic acids is 1. The van der Waals surface area contributed by atoms with Crippen LogP contribution >= 0.6 is 0 Å². The minimum absolute atomic E-state index is 0.00434. The van der Waals surface area contributed by atoms with Crippen LogP contribution < -0.4 is 0 Å². The van der Waals surface area contributed by atoms with Gasteiger partial charge in [-0.2, -0.15) is 0 Å². The maximum Gasteiger partial charge on any atom is 0.315 e. The summed E-state index contributed by atoms with van der Waals surface area (Å²) >= 11 is 0. The molecule has 0 bridgehead atoms. The largest absolute Gasteiger partial charge is 0.432 e. The van der Waals surface area contributed by atoms with E-state index in [4.69, 9.17) is 9.47 Å². The van der Waals surface area contributed by atoms with Crippen LogP contribution in [0.2, 0.25) is 0 Å². The molecule has 4 saturated carbocycles. The minimum atomic E-state index is -1.61. The molecule has 0 aromatic rings. The molecule has 6 aliphatic rings. The number of ether oxygens (including phenoxy) is 2. The summed E-state index contributed by atoms with van der Waals surface area (Å²) in [6.45, 7) is 16.1. The van der Waals surface area contributed by atoms with E-state index in [9.17, 15) is 30.3 Å². The molecule has 8 heteroatoms. The van der Waals surface area contributed by atoms with Gasteiger partial charge in [0.05, 0.1) is 18.1 Å². The molecule has 1 heterocycles. The van der Waals surface area contributed by atoms with Crippen LogP contribution in [0.25, 0.3) is 0 Å². The molecule has 8 nitrogen and oxygen atoms in total. The number of esters is 1. The van der Waals surface area contributed by atoms with E-state index < -0.39 is 48.7 Å². The highest BCUT2D eigenvalue weighted by Gasteiger charge is 2.70. The van der Waals surface area contributed by atoms with Crippen molar-refractivity contribution >= 4 is 5.97 Å². The summed E-state index contributed by atoms with van der Waals surface area (Å²) in [6, 6.07) is 0. The van der Waals surface area contributed by atoms with Crippen molar-refractivity contribution in [1.82, 2.24) is 0 Å². The summed E-state index contributed by atoms with van der Waals surface area (Å²) in [4.78, 5) is 14.4. The highest BCUT2D eigenvalue weighted by Crippen LogP contribution is 2.75. The summed E-state index contributed by atoms with van der Waals surface area (Å²) < 4.78 is 11.6. The second-order valence-corrected chi connectivity index (χ2v) is 17.3. The van der Waals surface area contributed by atoms with E-state index in [0.29, 0.717) is 30.6 Å². The normalized spacial score (nSPS) is 55.0. The van der Waals surface area contributed by atoms with Gasteiger partial charge in [-0.1, -0.05) is 60.1 Å². The van der Waals surface area contributed by atoms with Crippen LogP contribution in [0.15, 0.2) is 11.6 Å². The highest BCUT2D eigenvalue weighted by molar-refractivity contribution is 5.79. The molecule has 0 amide bonds. The van der Waals surface area contributed by atoms with E-state index in [1.807, 2.05) is 0 Å². The Hall–Kier alpha value is -1.03. The van der Waals surface area contributed by atoms with E-state index in [2.05, 4.69) is 54.5 Å². The van der Waals surface area contributed by atoms with Crippen LogP contribution in [0.5, 0.6) is 0 Å². The minimum Gasteiger partial charge on any atom is -0.432 e. The van der Waals surface area contributed by atoms with Gasteiger partial charge in [-0.05, 0) is 109 Å². The van der Waals surface area contributed by atoms with Crippen LogP contribution in [-0.2, 0) is 14.3 Å². The number of hydrogen-bond acceptors (Lipinski definition) is 8. The zero-order valence-corrected chi connectivity index (χ0v) is 28.0. The molecule has 15 atom stereocenters. The van der Waals surface area contributed by atoms with E-state index in [-0.39, 0.29) is 39.6 Å². The van der Waals surface area contributed by atoms with Crippen LogP contribution in [0, 0.1) is 56.7 Å². The number of allylic oxidation sites excluding steroid dienone is 2. The average molecular weight is 619 g/mol. The number of rotatable bonds is 3. The fourth-order valence-corrected chi connectivity index (χ4v) is 12.2. The van der Waals surface area contributed by atoms with Crippen LogP contribution in [0.1, 0.15) is 106 Å². The third-order valence-corrected chi connectivity index (χ3v) is 15.4. The van der Waals surface area contributed by atoms with E-state index in [1.165, 1.54) is 5.57 Å². The van der Waals surface area contributed by atoms with Gasteiger partial charge in [-0.3, -0.25) is 4.79 Å². The molecule has 5 aliphatic carbocycles. The van der Waals surface area contributed by atoms with E-state index >= 15 is 0 Å². The molecule has 1 saturated heterocycles. The molecule has 1 aliphatic heterocycles. The zero-order chi connectivity index (χ0) is 32.2. The van der Waals surface area contributed by atoms with Crippen LogP contribution in [-0.4, -0.2) is 74.9 Å². The van der Waals surface area contributed by atoms with Crippen LogP contribution in [0.3, 0.4) is 0 Å². The lowest BCUT2D eigenvalue weighted by Gasteiger charge is -2.71. The highest BCUT2D eigenvalue weighted by atomic mass is 16.7. The van der Waals surface area contributed by atoms with Gasteiger partial charge in [-0.15, -0.1) is 0 Å². The lowest BCUT2D eigenvalue weighted by molar-refractivity contribution is -0.297. The number of carbonyl (C=O) groups is 1. The maximum absolute atomic E-state index is 14.4. The fourth-order valence-electron chi connectivity index (χ4n) is 12.2. The quantitative estimate of drug-likeness (QED) is 0.233. The maximum atomic E-state index is 14.4. The summed E-state index contributed by atoms with van der Waals surface area (Å²) in [5, 5.41) is 52.0. The van der Waals surface area contributed by atoms with Gasteiger partial charge in [0, 0.05) is 0 Å². The van der Waals surface area contributed by atoms with Crippen molar-refractivity contribution in [3.8, 4) is 0 Å². The summed E-state index contributed by atoms with van der Waals surface area (Å²) in [6.07, 6.45) is 3.22. The topological polar surface area (TPSA) is 137 Å². The first-order valence-corrected chi connectivity index (χ1v) is 17.4. The third kappa shape index (κ3) is 4.26. The number of fused-ring (bicyclic) bond motifs is 7. The molecular weight excluding hydrogens is 560 g/mol. The molecule has 5 N–H and O–H groups in total. The van der Waals surface area contributed by atoms with Crippen LogP contribution in [0.4, 0.5) is 0 Å². The van der Waals surface area contributed by atoms with Crippen molar-refractivity contribution in [2.24, 2.45) is 56.7 Å². The lowest BCUT2D eigenvalue weighted by atomic mass is 9.33. The third-order valence-electron chi connectivity index (χ3n) is 15.4. The summed E-state index contributed by atoms with van der Waals surface area (Å²) in [5.41, 5.74) is 0.661. The van der Waals surface area contributed by atoms with Crippen molar-refractivity contribution in [2.45, 2.75) is 143 Å². The van der Waals surface area contributed by atoms with Gasteiger partial charge in [0.1, 0.15) is 24.4 Å². The smallest absolute Gasteiger partial charge is 0.315 e. The summed E-state index contributed by atoms with van der Waals surface area (Å²) in [7, 11) is 0. The first-order valence-electron chi connectivity index (χ1n) is 17.4. The van der Waals surface area contributed by atoms with Crippen molar-refractivity contribution in [2.75, 3.05) is 6.61 Å². The Balaban J connectivity index is 1.36.